The van der Waals surface area contributed by atoms with E-state index >= 15 is 0 Å². The van der Waals surface area contributed by atoms with E-state index in [0.29, 0.717) is 27.0 Å². The monoisotopic (exact) mass is 401 g/mol. The summed E-state index contributed by atoms with van der Waals surface area (Å²) >= 11 is 3.32. The van der Waals surface area contributed by atoms with Gasteiger partial charge in [-0.05, 0) is 22.0 Å². The molecule has 0 radical (unpaired) electrons. The summed E-state index contributed by atoms with van der Waals surface area (Å²) in [7, 11) is 1.73. The molecule has 0 aliphatic rings. The minimum atomic E-state index is -4.75. The number of aromatic nitrogens is 4. The molecule has 1 aromatic carbocycles. The molecular weight excluding hydrogens is 391 g/mol. The number of fused-ring (bicyclic) bond motifs is 1. The van der Waals surface area contributed by atoms with Crippen molar-refractivity contribution in [2.24, 2.45) is 7.05 Å². The summed E-state index contributed by atoms with van der Waals surface area (Å²) in [5.74, 6) is 0.204. The maximum absolute atomic E-state index is 12.5. The van der Waals surface area contributed by atoms with Crippen LogP contribution in [0.4, 0.5) is 19.0 Å². The standard InChI is InChI=1S/C14H11BrF3N5O/c1-23-13-10(11(15)22-23)12(20-7-21-13)19-6-8-4-2-3-5-9(8)24-14(16,17)18/h2-5,7H,6H2,1H3,(H,19,20,21). The fourth-order valence-corrected chi connectivity index (χ4v) is 2.83. The molecule has 0 bridgehead atoms. The van der Waals surface area contributed by atoms with Crippen LogP contribution in [0.3, 0.4) is 0 Å². The molecule has 0 amide bonds. The highest BCUT2D eigenvalue weighted by Crippen LogP contribution is 2.29. The van der Waals surface area contributed by atoms with Crippen LogP contribution in [0.5, 0.6) is 5.75 Å². The largest absolute Gasteiger partial charge is 0.573 e. The van der Waals surface area contributed by atoms with E-state index < -0.39 is 6.36 Å². The zero-order valence-corrected chi connectivity index (χ0v) is 13.9. The first-order chi connectivity index (χ1) is 11.3. The number of para-hydroxylation sites is 1. The van der Waals surface area contributed by atoms with E-state index in [4.69, 9.17) is 0 Å². The third-order valence-corrected chi connectivity index (χ3v) is 3.78. The average Bonchev–Trinajstić information content (AvgIpc) is 2.80. The average molecular weight is 402 g/mol. The van der Waals surface area contributed by atoms with E-state index in [2.05, 4.69) is 41.1 Å². The number of aryl methyl sites for hydroxylation is 1. The Morgan fingerprint density at radius 1 is 1.25 bits per heavy atom. The Labute approximate surface area is 142 Å². The Bertz CT molecular complexity index is 880. The first-order valence-corrected chi connectivity index (χ1v) is 7.55. The van der Waals surface area contributed by atoms with Crippen LogP contribution < -0.4 is 10.1 Å². The number of nitrogens with zero attached hydrogens (tertiary/aromatic N) is 4. The van der Waals surface area contributed by atoms with E-state index in [-0.39, 0.29) is 12.3 Å². The van der Waals surface area contributed by atoms with Crippen LogP contribution in [0, 0.1) is 0 Å². The van der Waals surface area contributed by atoms with Gasteiger partial charge in [-0.25, -0.2) is 14.6 Å². The fourth-order valence-electron chi connectivity index (χ4n) is 2.23. The van der Waals surface area contributed by atoms with Crippen LogP contribution in [0.2, 0.25) is 0 Å². The molecule has 0 aliphatic heterocycles. The van der Waals surface area contributed by atoms with Gasteiger partial charge < -0.3 is 10.1 Å². The summed E-state index contributed by atoms with van der Waals surface area (Å²) in [6, 6.07) is 5.92. The van der Waals surface area contributed by atoms with Crippen molar-refractivity contribution in [3.8, 4) is 5.75 Å². The zero-order valence-electron chi connectivity index (χ0n) is 12.3. The minimum absolute atomic E-state index is 0.0969. The Morgan fingerprint density at radius 3 is 2.75 bits per heavy atom. The van der Waals surface area contributed by atoms with Crippen molar-refractivity contribution >= 4 is 32.8 Å². The van der Waals surface area contributed by atoms with Crippen LogP contribution >= 0.6 is 15.9 Å². The summed E-state index contributed by atoms with van der Waals surface area (Å²) in [5, 5.41) is 7.84. The Balaban J connectivity index is 1.87. The third kappa shape index (κ3) is 3.42. The van der Waals surface area contributed by atoms with E-state index in [0.717, 1.165) is 0 Å². The van der Waals surface area contributed by atoms with Gasteiger partial charge in [0.2, 0.25) is 0 Å². The number of ether oxygens (including phenoxy) is 1. The summed E-state index contributed by atoms with van der Waals surface area (Å²) in [4.78, 5) is 8.26. The summed E-state index contributed by atoms with van der Waals surface area (Å²) in [6.45, 7) is 0.0969. The maximum Gasteiger partial charge on any atom is 0.573 e. The fraction of sp³-hybridized carbons (Fsp3) is 0.214. The Kier molecular flexibility index (Phi) is 4.31. The molecule has 2 heterocycles. The molecule has 0 spiro atoms. The molecule has 0 fully saturated rings. The third-order valence-electron chi connectivity index (χ3n) is 3.22. The quantitative estimate of drug-likeness (QED) is 0.722. The van der Waals surface area contributed by atoms with Gasteiger partial charge in [-0.2, -0.15) is 5.10 Å². The van der Waals surface area contributed by atoms with Gasteiger partial charge in [0.15, 0.2) is 5.65 Å². The van der Waals surface area contributed by atoms with Gasteiger partial charge in [0.05, 0.1) is 5.39 Å². The van der Waals surface area contributed by atoms with Crippen molar-refractivity contribution in [3.63, 3.8) is 0 Å². The molecule has 24 heavy (non-hydrogen) atoms. The van der Waals surface area contributed by atoms with E-state index in [1.54, 1.807) is 23.9 Å². The van der Waals surface area contributed by atoms with Crippen molar-refractivity contribution in [3.05, 3.63) is 40.8 Å². The molecule has 0 unspecified atom stereocenters. The molecule has 10 heteroatoms. The zero-order chi connectivity index (χ0) is 17.3. The number of halogens is 4. The lowest BCUT2D eigenvalue weighted by Gasteiger charge is -2.14. The van der Waals surface area contributed by atoms with Crippen LogP contribution in [-0.2, 0) is 13.6 Å². The lowest BCUT2D eigenvalue weighted by Crippen LogP contribution is -2.18. The first-order valence-electron chi connectivity index (χ1n) is 6.76. The SMILES string of the molecule is Cn1nc(Br)c2c(NCc3ccccc3OC(F)(F)F)ncnc21. The molecule has 1 N–H and O–H groups in total. The number of benzene rings is 1. The minimum Gasteiger partial charge on any atom is -0.405 e. The van der Waals surface area contributed by atoms with Crippen molar-refractivity contribution < 1.29 is 17.9 Å². The molecule has 126 valence electrons. The summed E-state index contributed by atoms with van der Waals surface area (Å²) < 4.78 is 43.6. The normalized spacial score (nSPS) is 11.7. The van der Waals surface area contributed by atoms with Gasteiger partial charge >= 0.3 is 6.36 Å². The number of nitrogens with one attached hydrogen (secondary N) is 1. The predicted molar refractivity (Wildman–Crippen MR) is 84.5 cm³/mol. The first kappa shape index (κ1) is 16.5. The van der Waals surface area contributed by atoms with E-state index in [1.807, 2.05) is 0 Å². The van der Waals surface area contributed by atoms with E-state index in [9.17, 15) is 13.2 Å². The molecule has 0 saturated heterocycles. The second-order valence-electron chi connectivity index (χ2n) is 4.84. The van der Waals surface area contributed by atoms with Crippen molar-refractivity contribution in [2.45, 2.75) is 12.9 Å². The van der Waals surface area contributed by atoms with Gasteiger partial charge in [0.25, 0.3) is 0 Å². The summed E-state index contributed by atoms with van der Waals surface area (Å²) in [6.07, 6.45) is -3.39. The number of hydrogen-bond donors (Lipinski definition) is 1. The number of rotatable bonds is 4. The lowest BCUT2D eigenvalue weighted by atomic mass is 10.2. The number of anilines is 1. The Morgan fingerprint density at radius 2 is 2.00 bits per heavy atom. The second kappa shape index (κ2) is 6.27. The summed E-state index contributed by atoms with van der Waals surface area (Å²) in [5.41, 5.74) is 0.945. The van der Waals surface area contributed by atoms with Gasteiger partial charge in [0.1, 0.15) is 22.5 Å². The number of alkyl halides is 3. The van der Waals surface area contributed by atoms with Crippen LogP contribution in [0.1, 0.15) is 5.56 Å². The molecule has 0 aliphatic carbocycles. The van der Waals surface area contributed by atoms with Crippen molar-refractivity contribution in [1.29, 1.82) is 0 Å². The smallest absolute Gasteiger partial charge is 0.405 e. The predicted octanol–water partition coefficient (Wildman–Crippen LogP) is 3.64. The van der Waals surface area contributed by atoms with Gasteiger partial charge in [0, 0.05) is 19.2 Å². The number of hydrogen-bond acceptors (Lipinski definition) is 5. The highest BCUT2D eigenvalue weighted by atomic mass is 79.9. The molecule has 0 saturated carbocycles. The van der Waals surface area contributed by atoms with Crippen molar-refractivity contribution in [2.75, 3.05) is 5.32 Å². The van der Waals surface area contributed by atoms with Crippen molar-refractivity contribution in [1.82, 2.24) is 19.7 Å². The Hall–Kier alpha value is -2.36. The van der Waals surface area contributed by atoms with E-state index in [1.165, 1.54) is 18.5 Å². The maximum atomic E-state index is 12.5. The van der Waals surface area contributed by atoms with Gasteiger partial charge in [-0.1, -0.05) is 18.2 Å². The van der Waals surface area contributed by atoms with Crippen LogP contribution in [0.15, 0.2) is 35.2 Å². The van der Waals surface area contributed by atoms with Crippen LogP contribution in [-0.4, -0.2) is 26.1 Å². The van der Waals surface area contributed by atoms with Gasteiger partial charge in [-0.3, -0.25) is 0 Å². The molecule has 3 aromatic rings. The molecule has 3 rings (SSSR count). The molecule has 6 nitrogen and oxygen atoms in total. The topological polar surface area (TPSA) is 64.9 Å². The molecule has 0 atom stereocenters. The van der Waals surface area contributed by atoms with Crippen LogP contribution in [0.25, 0.3) is 11.0 Å². The highest BCUT2D eigenvalue weighted by Gasteiger charge is 2.32. The molecule has 2 aromatic heterocycles. The lowest BCUT2D eigenvalue weighted by molar-refractivity contribution is -0.274. The molecular formula is C14H11BrF3N5O. The highest BCUT2D eigenvalue weighted by molar-refractivity contribution is 9.10. The second-order valence-corrected chi connectivity index (χ2v) is 5.60. The van der Waals surface area contributed by atoms with Gasteiger partial charge in [-0.15, -0.1) is 13.2 Å².